The van der Waals surface area contributed by atoms with Crippen LogP contribution in [0.2, 0.25) is 0 Å². The van der Waals surface area contributed by atoms with Crippen LogP contribution in [0.4, 0.5) is 13.2 Å². The lowest BCUT2D eigenvalue weighted by atomic mass is 10.2. The summed E-state index contributed by atoms with van der Waals surface area (Å²) in [5.74, 6) is 0. The molecule has 0 saturated heterocycles. The standard InChI is InChI=1S/C6H12F3NO/c1-3-11-5(4(2)10)6(7,8)9/h4-5H,3,10H2,1-2H3. The van der Waals surface area contributed by atoms with Crippen molar-refractivity contribution >= 4 is 0 Å². The summed E-state index contributed by atoms with van der Waals surface area (Å²) in [5.41, 5.74) is 5.06. The minimum atomic E-state index is -4.36. The molecule has 0 radical (unpaired) electrons. The van der Waals surface area contributed by atoms with Crippen LogP contribution in [0, 0.1) is 0 Å². The van der Waals surface area contributed by atoms with Crippen LogP contribution in [0.5, 0.6) is 0 Å². The summed E-state index contributed by atoms with van der Waals surface area (Å²) in [6.45, 7) is 2.79. The number of ether oxygens (including phenoxy) is 1. The molecule has 0 aliphatic carbocycles. The van der Waals surface area contributed by atoms with E-state index in [1.54, 1.807) is 0 Å². The second-order valence-corrected chi connectivity index (χ2v) is 2.28. The van der Waals surface area contributed by atoms with E-state index in [0.29, 0.717) is 0 Å². The van der Waals surface area contributed by atoms with Gasteiger partial charge in [-0.05, 0) is 13.8 Å². The second-order valence-electron chi connectivity index (χ2n) is 2.28. The normalized spacial score (nSPS) is 18.0. The van der Waals surface area contributed by atoms with Crippen LogP contribution in [-0.4, -0.2) is 24.9 Å². The molecule has 0 aromatic carbocycles. The van der Waals surface area contributed by atoms with Crippen molar-refractivity contribution < 1.29 is 17.9 Å². The van der Waals surface area contributed by atoms with Crippen LogP contribution < -0.4 is 5.73 Å². The van der Waals surface area contributed by atoms with E-state index in [4.69, 9.17) is 5.73 Å². The molecule has 2 nitrogen and oxygen atoms in total. The highest BCUT2D eigenvalue weighted by atomic mass is 19.4. The van der Waals surface area contributed by atoms with Crippen LogP contribution in [0.15, 0.2) is 0 Å². The van der Waals surface area contributed by atoms with Gasteiger partial charge >= 0.3 is 6.18 Å². The first-order valence-electron chi connectivity index (χ1n) is 3.33. The summed E-state index contributed by atoms with van der Waals surface area (Å²) in [4.78, 5) is 0. The van der Waals surface area contributed by atoms with Gasteiger partial charge in [-0.1, -0.05) is 0 Å². The summed E-state index contributed by atoms with van der Waals surface area (Å²) in [6, 6.07) is -1.02. The summed E-state index contributed by atoms with van der Waals surface area (Å²) in [5, 5.41) is 0. The zero-order valence-electron chi connectivity index (χ0n) is 6.48. The van der Waals surface area contributed by atoms with Crippen molar-refractivity contribution in [2.45, 2.75) is 32.2 Å². The van der Waals surface area contributed by atoms with Crippen molar-refractivity contribution in [2.75, 3.05) is 6.61 Å². The molecule has 0 aromatic rings. The lowest BCUT2D eigenvalue weighted by molar-refractivity contribution is -0.223. The first-order chi connectivity index (χ1) is 4.89. The van der Waals surface area contributed by atoms with Gasteiger partial charge in [-0.15, -0.1) is 0 Å². The van der Waals surface area contributed by atoms with Crippen molar-refractivity contribution in [3.8, 4) is 0 Å². The van der Waals surface area contributed by atoms with Crippen LogP contribution in [0.25, 0.3) is 0 Å². The fourth-order valence-electron chi connectivity index (χ4n) is 0.724. The van der Waals surface area contributed by atoms with Gasteiger partial charge in [-0.2, -0.15) is 13.2 Å². The molecule has 0 rings (SSSR count). The number of rotatable bonds is 3. The van der Waals surface area contributed by atoms with Gasteiger partial charge in [0.1, 0.15) is 0 Å². The van der Waals surface area contributed by atoms with Gasteiger partial charge < -0.3 is 10.5 Å². The Morgan fingerprint density at radius 1 is 1.45 bits per heavy atom. The zero-order chi connectivity index (χ0) is 9.07. The quantitative estimate of drug-likeness (QED) is 0.694. The van der Waals surface area contributed by atoms with Gasteiger partial charge in [0.05, 0.1) is 0 Å². The number of nitrogens with two attached hydrogens (primary N) is 1. The molecule has 68 valence electrons. The first kappa shape index (κ1) is 10.7. The third-order valence-electron chi connectivity index (χ3n) is 1.15. The Morgan fingerprint density at radius 2 is 1.91 bits per heavy atom. The summed E-state index contributed by atoms with van der Waals surface area (Å²) in [6.07, 6.45) is -6.20. The lowest BCUT2D eigenvalue weighted by Gasteiger charge is -2.22. The molecule has 2 N–H and O–H groups in total. The molecule has 0 saturated carbocycles. The van der Waals surface area contributed by atoms with E-state index in [2.05, 4.69) is 4.74 Å². The molecule has 0 amide bonds. The third kappa shape index (κ3) is 3.57. The summed E-state index contributed by atoms with van der Waals surface area (Å²) < 4.78 is 40.3. The Hall–Kier alpha value is -0.290. The monoisotopic (exact) mass is 171 g/mol. The molecule has 0 aliphatic heterocycles. The molecule has 0 bridgehead atoms. The molecular weight excluding hydrogens is 159 g/mol. The second kappa shape index (κ2) is 3.92. The highest BCUT2D eigenvalue weighted by molar-refractivity contribution is 4.75. The minimum Gasteiger partial charge on any atom is -0.367 e. The maximum atomic E-state index is 12.0. The number of hydrogen-bond donors (Lipinski definition) is 1. The molecule has 0 spiro atoms. The number of hydrogen-bond acceptors (Lipinski definition) is 2. The van der Waals surface area contributed by atoms with E-state index < -0.39 is 18.3 Å². The minimum absolute atomic E-state index is 0.0196. The SMILES string of the molecule is CCOC(C(C)N)C(F)(F)F. The van der Waals surface area contributed by atoms with E-state index in [0.717, 1.165) is 0 Å². The van der Waals surface area contributed by atoms with Crippen molar-refractivity contribution in [1.82, 2.24) is 0 Å². The molecule has 0 aliphatic rings. The maximum Gasteiger partial charge on any atom is 0.416 e. The van der Waals surface area contributed by atoms with Crippen molar-refractivity contribution in [3.05, 3.63) is 0 Å². The third-order valence-corrected chi connectivity index (χ3v) is 1.15. The highest BCUT2D eigenvalue weighted by Crippen LogP contribution is 2.24. The Balaban J connectivity index is 4.10. The lowest BCUT2D eigenvalue weighted by Crippen LogP contribution is -2.45. The predicted molar refractivity (Wildman–Crippen MR) is 35.1 cm³/mol. The number of alkyl halides is 3. The molecule has 5 heteroatoms. The molecule has 11 heavy (non-hydrogen) atoms. The van der Waals surface area contributed by atoms with E-state index >= 15 is 0 Å². The smallest absolute Gasteiger partial charge is 0.367 e. The predicted octanol–water partition coefficient (Wildman–Crippen LogP) is 1.30. The summed E-state index contributed by atoms with van der Waals surface area (Å²) >= 11 is 0. The molecule has 2 atom stereocenters. The van der Waals surface area contributed by atoms with Crippen molar-refractivity contribution in [3.63, 3.8) is 0 Å². The van der Waals surface area contributed by atoms with Gasteiger partial charge in [-0.25, -0.2) is 0 Å². The fraction of sp³-hybridized carbons (Fsp3) is 1.00. The van der Waals surface area contributed by atoms with E-state index in [1.807, 2.05) is 0 Å². The molecule has 0 heterocycles. The van der Waals surface area contributed by atoms with Crippen LogP contribution in [-0.2, 0) is 4.74 Å². The molecule has 2 unspecified atom stereocenters. The van der Waals surface area contributed by atoms with E-state index in [1.165, 1.54) is 13.8 Å². The molecule has 0 fully saturated rings. The largest absolute Gasteiger partial charge is 0.416 e. The Labute approximate surface area is 63.5 Å². The zero-order valence-corrected chi connectivity index (χ0v) is 6.48. The Morgan fingerprint density at radius 3 is 2.00 bits per heavy atom. The molecule has 0 aromatic heterocycles. The fourth-order valence-corrected chi connectivity index (χ4v) is 0.724. The maximum absolute atomic E-state index is 12.0. The Kier molecular flexibility index (Phi) is 3.82. The first-order valence-corrected chi connectivity index (χ1v) is 3.33. The van der Waals surface area contributed by atoms with Crippen molar-refractivity contribution in [2.24, 2.45) is 5.73 Å². The average molecular weight is 171 g/mol. The average Bonchev–Trinajstić information content (AvgIpc) is 1.79. The summed E-state index contributed by atoms with van der Waals surface area (Å²) in [7, 11) is 0. The van der Waals surface area contributed by atoms with E-state index in [-0.39, 0.29) is 6.61 Å². The highest BCUT2D eigenvalue weighted by Gasteiger charge is 2.42. The number of halogens is 3. The topological polar surface area (TPSA) is 35.2 Å². The van der Waals surface area contributed by atoms with Gasteiger partial charge in [-0.3, -0.25) is 0 Å². The van der Waals surface area contributed by atoms with Gasteiger partial charge in [0.2, 0.25) is 0 Å². The van der Waals surface area contributed by atoms with Crippen molar-refractivity contribution in [1.29, 1.82) is 0 Å². The van der Waals surface area contributed by atoms with Crippen LogP contribution in [0.3, 0.4) is 0 Å². The van der Waals surface area contributed by atoms with Gasteiger partial charge in [0.15, 0.2) is 6.10 Å². The van der Waals surface area contributed by atoms with Crippen LogP contribution in [0.1, 0.15) is 13.8 Å². The van der Waals surface area contributed by atoms with Gasteiger partial charge in [0.25, 0.3) is 0 Å². The molecular formula is C6H12F3NO. The van der Waals surface area contributed by atoms with E-state index in [9.17, 15) is 13.2 Å². The van der Waals surface area contributed by atoms with Gasteiger partial charge in [0, 0.05) is 12.6 Å². The Bertz CT molecular complexity index is 113. The van der Waals surface area contributed by atoms with Crippen LogP contribution >= 0.6 is 0 Å².